The third-order valence-electron chi connectivity index (χ3n) is 24.8. The van der Waals surface area contributed by atoms with Crippen LogP contribution in [0.1, 0.15) is 0 Å². The molecule has 26 rings (SSSR count). The van der Waals surface area contributed by atoms with E-state index in [-0.39, 0.29) is 0 Å². The zero-order valence-corrected chi connectivity index (χ0v) is 65.4. The Balaban J connectivity index is 0.000000103. The Morgan fingerprint density at radius 2 is 0.450 bits per heavy atom. The van der Waals surface area contributed by atoms with Gasteiger partial charge in [0.15, 0.2) is 0 Å². The molecule has 560 valence electrons. The predicted octanol–water partition coefficient (Wildman–Crippen LogP) is 30.4. The van der Waals surface area contributed by atoms with E-state index < -0.39 is 0 Å². The van der Waals surface area contributed by atoms with Crippen LogP contribution in [0.4, 0.5) is 0 Å². The van der Waals surface area contributed by atoms with Crippen LogP contribution in [0.3, 0.4) is 0 Å². The molecule has 120 heavy (non-hydrogen) atoms. The van der Waals surface area contributed by atoms with Crippen LogP contribution in [-0.2, 0) is 0 Å². The van der Waals surface area contributed by atoms with E-state index in [0.717, 1.165) is 11.4 Å². The van der Waals surface area contributed by atoms with E-state index in [1.807, 2.05) is 0 Å². The Morgan fingerprint density at radius 3 is 0.892 bits per heavy atom. The van der Waals surface area contributed by atoms with Gasteiger partial charge in [0.2, 0.25) is 0 Å². The lowest BCUT2D eigenvalue weighted by Crippen LogP contribution is -1.97. The summed E-state index contributed by atoms with van der Waals surface area (Å²) >= 11 is 0. The lowest BCUT2D eigenvalue weighted by molar-refractivity contribution is 1.13. The van der Waals surface area contributed by atoms with Crippen molar-refractivity contribution >= 4 is 163 Å². The smallest absolute Gasteiger partial charge is 0.0628 e. The lowest BCUT2D eigenvalue weighted by atomic mass is 9.92. The van der Waals surface area contributed by atoms with Gasteiger partial charge in [-0.25, -0.2) is 0 Å². The van der Waals surface area contributed by atoms with Gasteiger partial charge in [0.25, 0.3) is 0 Å². The van der Waals surface area contributed by atoms with Gasteiger partial charge in [-0.2, -0.15) is 0 Å². The van der Waals surface area contributed by atoms with Gasteiger partial charge >= 0.3 is 0 Å². The van der Waals surface area contributed by atoms with Gasteiger partial charge in [0.1, 0.15) is 0 Å². The minimum Gasteiger partial charge on any atom is -0.316 e. The van der Waals surface area contributed by atoms with Crippen LogP contribution in [-0.4, -0.2) is 27.4 Å². The molecule has 6 heteroatoms. The van der Waals surface area contributed by atoms with Crippen molar-refractivity contribution < 1.29 is 0 Å². The molecule has 0 bridgehead atoms. The summed E-state index contributed by atoms with van der Waals surface area (Å²) in [7, 11) is 0. The Bertz CT molecular complexity index is 8490. The zero-order valence-electron chi connectivity index (χ0n) is 65.4. The fourth-order valence-corrected chi connectivity index (χ4v) is 19.6. The number of aromatic nitrogens is 6. The number of rotatable bonds is 8. The van der Waals surface area contributed by atoms with Crippen molar-refractivity contribution in [2.24, 2.45) is 0 Å². The molecular formula is C114H74N6. The van der Waals surface area contributed by atoms with E-state index >= 15 is 0 Å². The van der Waals surface area contributed by atoms with Gasteiger partial charge in [-0.05, 0) is 222 Å². The van der Waals surface area contributed by atoms with Crippen LogP contribution in [0, 0.1) is 0 Å². The normalized spacial score (nSPS) is 11.8. The van der Waals surface area contributed by atoms with E-state index in [1.54, 1.807) is 0 Å². The maximum absolute atomic E-state index is 2.48. The highest BCUT2D eigenvalue weighted by molar-refractivity contribution is 6.25. The molecule has 0 aliphatic rings. The average molecular weight is 1530 g/mol. The first kappa shape index (κ1) is 68.4. The van der Waals surface area contributed by atoms with Crippen LogP contribution < -0.4 is 0 Å². The van der Waals surface area contributed by atoms with Crippen molar-refractivity contribution in [3.05, 3.63) is 449 Å². The Kier molecular flexibility index (Phi) is 15.9. The molecule has 0 fully saturated rings. The minimum atomic E-state index is 1.16. The van der Waals surface area contributed by atoms with Crippen molar-refractivity contribution in [1.29, 1.82) is 0 Å². The molecule has 0 saturated heterocycles. The van der Waals surface area contributed by atoms with Crippen LogP contribution in [0.15, 0.2) is 449 Å². The quantitative estimate of drug-likeness (QED) is 0.136. The lowest BCUT2D eigenvalue weighted by Gasteiger charge is -2.15. The number of hydrogen-bond acceptors (Lipinski definition) is 0. The molecule has 0 N–H and O–H groups in total. The fourth-order valence-electron chi connectivity index (χ4n) is 19.6. The summed E-state index contributed by atoms with van der Waals surface area (Å²) in [6.45, 7) is 0. The maximum atomic E-state index is 2.48. The molecule has 6 heterocycles. The van der Waals surface area contributed by atoms with Crippen molar-refractivity contribution in [2.75, 3.05) is 0 Å². The topological polar surface area (TPSA) is 29.6 Å². The summed E-state index contributed by atoms with van der Waals surface area (Å²) in [5.74, 6) is 0. The number of fused-ring (bicyclic) bond motifs is 21. The van der Waals surface area contributed by atoms with Crippen molar-refractivity contribution in [1.82, 2.24) is 27.4 Å². The third kappa shape index (κ3) is 11.0. The van der Waals surface area contributed by atoms with E-state index in [4.69, 9.17) is 0 Å². The van der Waals surface area contributed by atoms with Crippen molar-refractivity contribution in [2.45, 2.75) is 0 Å². The Labute approximate surface area is 691 Å². The van der Waals surface area contributed by atoms with E-state index in [2.05, 4.69) is 477 Å². The van der Waals surface area contributed by atoms with Crippen LogP contribution in [0.25, 0.3) is 219 Å². The van der Waals surface area contributed by atoms with Gasteiger partial charge in [0, 0.05) is 106 Å². The first-order chi connectivity index (χ1) is 59.5. The highest BCUT2D eigenvalue weighted by atomic mass is 15.0. The molecular weight excluding hydrogens is 1450 g/mol. The summed E-state index contributed by atoms with van der Waals surface area (Å²) in [5, 5.41) is 26.5. The highest BCUT2D eigenvalue weighted by Crippen LogP contribution is 2.46. The predicted molar refractivity (Wildman–Crippen MR) is 509 cm³/mol. The average Bonchev–Trinajstić information content (AvgIpc) is 1.56. The van der Waals surface area contributed by atoms with Gasteiger partial charge in [0.05, 0.1) is 55.3 Å². The minimum absolute atomic E-state index is 1.16. The molecule has 0 aliphatic carbocycles. The SMILES string of the molecule is c1ccc(-n2ccc3ccc4c(c5ccccc5n4-c4c5ccccc5cc5ccccc45)c32)cc1.c1ccc(-n2ccc3ccc4c(c5ccccc5n4-c4cccc(-c5c6ccccc6cc6ccccc56)c4)c32)cc1.c1ccc(-n2ccc3ccc4c(c5ccccc5n4-c4cccc(-c5ccc6cc7ccccc7cc6c5)c4)c32)cc1. The van der Waals surface area contributed by atoms with Gasteiger partial charge in [-0.1, -0.05) is 285 Å². The summed E-state index contributed by atoms with van der Waals surface area (Å²) in [4.78, 5) is 0. The Morgan fingerprint density at radius 1 is 0.150 bits per heavy atom. The van der Waals surface area contributed by atoms with E-state index in [9.17, 15) is 0 Å². The van der Waals surface area contributed by atoms with Crippen molar-refractivity contribution in [3.63, 3.8) is 0 Å². The molecule has 26 aromatic rings. The summed E-state index contributed by atoms with van der Waals surface area (Å²) in [5.41, 5.74) is 23.0. The monoisotopic (exact) mass is 1530 g/mol. The first-order valence-corrected chi connectivity index (χ1v) is 41.3. The molecule has 20 aromatic carbocycles. The number of benzene rings is 20. The second kappa shape index (κ2) is 27.9. The molecule has 0 aliphatic heterocycles. The largest absolute Gasteiger partial charge is 0.316 e. The number of nitrogens with zero attached hydrogens (tertiary/aromatic N) is 6. The maximum Gasteiger partial charge on any atom is 0.0628 e. The Hall–Kier alpha value is -16.0. The highest BCUT2D eigenvalue weighted by Gasteiger charge is 2.24. The summed E-state index contributed by atoms with van der Waals surface area (Å²) in [6, 6.07) is 156. The molecule has 0 amide bonds. The standard InChI is InChI=1S/2C40H26N2.C34H22N2/c1-2-14-31(15-3-1)41-24-23-27-21-22-37-39(40(27)41)35-19-8-9-20-36(35)42(37)32-16-10-13-30(26-32)38-33-17-6-4-11-28(33)25-29-12-5-7-18-34(29)38;1-2-12-34(13-3-1)41-22-21-27-19-20-38-39(40(27)41)36-15-6-7-16-37(36)42(38)35-14-8-11-30(26-35)31-17-18-32-23-28-9-4-5-10-29(28)24-33(32)25-31;1-2-12-26(13-3-1)35-21-20-23-18-19-31-32(33(23)35)29-16-8-9-17-30(29)36(31)34-27-14-6-4-10-24(27)22-25-11-5-7-15-28(25)34/h2*1-26H;1-22H. The third-order valence-corrected chi connectivity index (χ3v) is 24.8. The first-order valence-electron chi connectivity index (χ1n) is 41.3. The molecule has 0 unspecified atom stereocenters. The molecule has 0 spiro atoms. The second-order valence-electron chi connectivity index (χ2n) is 31.5. The molecule has 0 radical (unpaired) electrons. The van der Waals surface area contributed by atoms with Gasteiger partial charge < -0.3 is 27.4 Å². The van der Waals surface area contributed by atoms with Crippen LogP contribution >= 0.6 is 0 Å². The van der Waals surface area contributed by atoms with Crippen LogP contribution in [0.2, 0.25) is 0 Å². The fraction of sp³-hybridized carbons (Fsp3) is 0. The molecule has 6 aromatic heterocycles. The van der Waals surface area contributed by atoms with Crippen LogP contribution in [0.5, 0.6) is 0 Å². The summed E-state index contributed by atoms with van der Waals surface area (Å²) in [6.07, 6.45) is 6.58. The van der Waals surface area contributed by atoms with Crippen molar-refractivity contribution in [3.8, 4) is 56.4 Å². The second-order valence-corrected chi connectivity index (χ2v) is 31.5. The zero-order chi connectivity index (χ0) is 78.9. The van der Waals surface area contributed by atoms with Gasteiger partial charge in [-0.3, -0.25) is 0 Å². The molecule has 6 nitrogen and oxygen atoms in total. The molecule has 0 atom stereocenters. The number of para-hydroxylation sites is 6. The molecule has 0 saturated carbocycles. The van der Waals surface area contributed by atoms with E-state index in [1.165, 1.54) is 208 Å². The number of hydrogen-bond donors (Lipinski definition) is 0. The summed E-state index contributed by atoms with van der Waals surface area (Å²) < 4.78 is 14.3. The van der Waals surface area contributed by atoms with Gasteiger partial charge in [-0.15, -0.1) is 0 Å². The van der Waals surface area contributed by atoms with E-state index in [0.29, 0.717) is 0 Å².